The van der Waals surface area contributed by atoms with Gasteiger partial charge in [-0.25, -0.2) is 8.42 Å². The molecule has 0 radical (unpaired) electrons. The normalized spacial score (nSPS) is 28.8. The summed E-state index contributed by atoms with van der Waals surface area (Å²) in [7, 11) is -2.75. The van der Waals surface area contributed by atoms with Crippen molar-refractivity contribution in [2.45, 2.75) is 25.3 Å². The van der Waals surface area contributed by atoms with E-state index in [2.05, 4.69) is 0 Å². The maximum atomic E-state index is 10.7. The molecule has 1 aliphatic carbocycles. The van der Waals surface area contributed by atoms with Gasteiger partial charge >= 0.3 is 0 Å². The SMILES string of the molecule is CS(=O)(=O)CCC1CC(N)C1.Cl. The van der Waals surface area contributed by atoms with Crippen LogP contribution in [0, 0.1) is 5.92 Å². The van der Waals surface area contributed by atoms with E-state index < -0.39 is 9.84 Å². The van der Waals surface area contributed by atoms with E-state index >= 15 is 0 Å². The first kappa shape index (κ1) is 12.2. The predicted molar refractivity (Wildman–Crippen MR) is 52.3 cm³/mol. The summed E-state index contributed by atoms with van der Waals surface area (Å²) in [5.41, 5.74) is 5.56. The first-order valence-electron chi connectivity index (χ1n) is 3.90. The summed E-state index contributed by atoms with van der Waals surface area (Å²) in [5, 5.41) is 0. The molecule has 0 aromatic heterocycles. The van der Waals surface area contributed by atoms with Crippen molar-refractivity contribution in [3.8, 4) is 0 Å². The van der Waals surface area contributed by atoms with E-state index in [0.717, 1.165) is 19.3 Å². The Morgan fingerprint density at radius 1 is 1.42 bits per heavy atom. The molecule has 0 aromatic carbocycles. The summed E-state index contributed by atoms with van der Waals surface area (Å²) < 4.78 is 21.5. The highest BCUT2D eigenvalue weighted by molar-refractivity contribution is 7.90. The van der Waals surface area contributed by atoms with Crippen LogP contribution in [-0.4, -0.2) is 26.5 Å². The van der Waals surface area contributed by atoms with Crippen LogP contribution in [0.25, 0.3) is 0 Å². The predicted octanol–water partition coefficient (Wildman–Crippen LogP) is 0.580. The molecule has 0 amide bonds. The van der Waals surface area contributed by atoms with Crippen molar-refractivity contribution < 1.29 is 8.42 Å². The van der Waals surface area contributed by atoms with Crippen molar-refractivity contribution in [3.05, 3.63) is 0 Å². The largest absolute Gasteiger partial charge is 0.328 e. The number of sulfone groups is 1. The molecule has 0 aromatic rings. The summed E-state index contributed by atoms with van der Waals surface area (Å²) in [6.07, 6.45) is 4.10. The summed E-state index contributed by atoms with van der Waals surface area (Å²) in [5.74, 6) is 0.893. The minimum absolute atomic E-state index is 0. The molecule has 3 nitrogen and oxygen atoms in total. The van der Waals surface area contributed by atoms with Crippen LogP contribution in [0.15, 0.2) is 0 Å². The molecular formula is C7H16ClNO2S. The first-order valence-corrected chi connectivity index (χ1v) is 5.97. The van der Waals surface area contributed by atoms with Crippen LogP contribution in [0.5, 0.6) is 0 Å². The molecule has 0 atom stereocenters. The van der Waals surface area contributed by atoms with Crippen molar-refractivity contribution in [3.63, 3.8) is 0 Å². The summed E-state index contributed by atoms with van der Waals surface area (Å²) >= 11 is 0. The van der Waals surface area contributed by atoms with Crippen LogP contribution in [0.1, 0.15) is 19.3 Å². The van der Waals surface area contributed by atoms with Gasteiger partial charge in [-0.05, 0) is 25.2 Å². The molecule has 12 heavy (non-hydrogen) atoms. The molecule has 1 aliphatic rings. The summed E-state index contributed by atoms with van der Waals surface area (Å²) in [6.45, 7) is 0. The highest BCUT2D eigenvalue weighted by atomic mass is 35.5. The summed E-state index contributed by atoms with van der Waals surface area (Å²) in [6, 6.07) is 0.333. The molecule has 74 valence electrons. The average Bonchev–Trinajstić information content (AvgIpc) is 1.75. The lowest BCUT2D eigenvalue weighted by molar-refractivity contribution is 0.259. The van der Waals surface area contributed by atoms with Crippen molar-refractivity contribution in [2.75, 3.05) is 12.0 Å². The zero-order valence-electron chi connectivity index (χ0n) is 7.19. The van der Waals surface area contributed by atoms with Gasteiger partial charge in [-0.15, -0.1) is 12.4 Å². The van der Waals surface area contributed by atoms with Gasteiger partial charge in [0.25, 0.3) is 0 Å². The molecule has 0 bridgehead atoms. The third-order valence-electron chi connectivity index (χ3n) is 2.17. The second-order valence-electron chi connectivity index (χ2n) is 3.52. The molecule has 1 fully saturated rings. The Bertz CT molecular complexity index is 222. The van der Waals surface area contributed by atoms with E-state index in [-0.39, 0.29) is 12.4 Å². The zero-order valence-corrected chi connectivity index (χ0v) is 8.83. The molecule has 0 aliphatic heterocycles. The lowest BCUT2D eigenvalue weighted by Crippen LogP contribution is -2.36. The Morgan fingerprint density at radius 2 is 1.92 bits per heavy atom. The molecule has 0 unspecified atom stereocenters. The quantitative estimate of drug-likeness (QED) is 0.746. The first-order chi connectivity index (χ1) is 4.97. The van der Waals surface area contributed by atoms with Crippen LogP contribution in [0.4, 0.5) is 0 Å². The van der Waals surface area contributed by atoms with Gasteiger partial charge in [-0.2, -0.15) is 0 Å². The average molecular weight is 214 g/mol. The number of hydrogen-bond donors (Lipinski definition) is 1. The lowest BCUT2D eigenvalue weighted by Gasteiger charge is -2.32. The van der Waals surface area contributed by atoms with Crippen molar-refractivity contribution >= 4 is 22.2 Å². The molecule has 0 saturated heterocycles. The Balaban J connectivity index is 0.00000121. The fourth-order valence-electron chi connectivity index (χ4n) is 1.40. The van der Waals surface area contributed by atoms with Crippen molar-refractivity contribution in [1.82, 2.24) is 0 Å². The molecule has 2 N–H and O–H groups in total. The number of nitrogens with two attached hydrogens (primary N) is 1. The van der Waals surface area contributed by atoms with E-state index in [9.17, 15) is 8.42 Å². The number of halogens is 1. The maximum absolute atomic E-state index is 10.7. The van der Waals surface area contributed by atoms with E-state index in [1.54, 1.807) is 0 Å². The zero-order chi connectivity index (χ0) is 8.48. The Morgan fingerprint density at radius 3 is 2.25 bits per heavy atom. The number of rotatable bonds is 3. The smallest absolute Gasteiger partial charge is 0.147 e. The topological polar surface area (TPSA) is 60.2 Å². The Hall–Kier alpha value is 0.200. The van der Waals surface area contributed by atoms with Crippen molar-refractivity contribution in [2.24, 2.45) is 11.7 Å². The van der Waals surface area contributed by atoms with E-state index in [0.29, 0.717) is 17.7 Å². The van der Waals surface area contributed by atoms with Crippen LogP contribution in [-0.2, 0) is 9.84 Å². The fraction of sp³-hybridized carbons (Fsp3) is 1.00. The van der Waals surface area contributed by atoms with Gasteiger partial charge in [0.1, 0.15) is 9.84 Å². The van der Waals surface area contributed by atoms with E-state index in [4.69, 9.17) is 5.73 Å². The van der Waals surface area contributed by atoms with Crippen molar-refractivity contribution in [1.29, 1.82) is 0 Å². The van der Waals surface area contributed by atoms with Crippen LogP contribution in [0.2, 0.25) is 0 Å². The van der Waals surface area contributed by atoms with E-state index in [1.807, 2.05) is 0 Å². The highest BCUT2D eigenvalue weighted by Crippen LogP contribution is 2.28. The molecular weight excluding hydrogens is 198 g/mol. The van der Waals surface area contributed by atoms with Gasteiger partial charge in [0, 0.05) is 12.3 Å². The molecule has 0 heterocycles. The molecule has 0 spiro atoms. The van der Waals surface area contributed by atoms with E-state index in [1.165, 1.54) is 6.26 Å². The lowest BCUT2D eigenvalue weighted by atomic mass is 9.79. The minimum Gasteiger partial charge on any atom is -0.328 e. The van der Waals surface area contributed by atoms with Gasteiger partial charge in [0.05, 0.1) is 5.75 Å². The third-order valence-corrected chi connectivity index (χ3v) is 3.15. The molecule has 1 saturated carbocycles. The van der Waals surface area contributed by atoms with Crippen LogP contribution < -0.4 is 5.73 Å². The minimum atomic E-state index is -2.75. The van der Waals surface area contributed by atoms with Gasteiger partial charge in [0.15, 0.2) is 0 Å². The fourth-order valence-corrected chi connectivity index (χ4v) is 2.17. The highest BCUT2D eigenvalue weighted by Gasteiger charge is 2.26. The Kier molecular flexibility index (Phi) is 4.51. The van der Waals surface area contributed by atoms with Crippen LogP contribution >= 0.6 is 12.4 Å². The monoisotopic (exact) mass is 213 g/mol. The number of hydrogen-bond acceptors (Lipinski definition) is 3. The second kappa shape index (κ2) is 4.44. The van der Waals surface area contributed by atoms with Gasteiger partial charge in [-0.1, -0.05) is 0 Å². The van der Waals surface area contributed by atoms with Gasteiger partial charge in [-0.3, -0.25) is 0 Å². The van der Waals surface area contributed by atoms with Crippen LogP contribution in [0.3, 0.4) is 0 Å². The summed E-state index contributed by atoms with van der Waals surface area (Å²) in [4.78, 5) is 0. The standard InChI is InChI=1S/C7H15NO2S.ClH/c1-11(9,10)3-2-6-4-7(8)5-6;/h6-7H,2-5,8H2,1H3;1H. The third kappa shape index (κ3) is 4.28. The second-order valence-corrected chi connectivity index (χ2v) is 5.78. The maximum Gasteiger partial charge on any atom is 0.147 e. The molecule has 5 heteroatoms. The van der Waals surface area contributed by atoms with Gasteiger partial charge in [0.2, 0.25) is 0 Å². The Labute approximate surface area is 80.0 Å². The van der Waals surface area contributed by atoms with Gasteiger partial charge < -0.3 is 5.73 Å². The molecule has 1 rings (SSSR count).